The van der Waals surface area contributed by atoms with Crippen molar-refractivity contribution in [2.45, 2.75) is 31.7 Å². The first-order chi connectivity index (χ1) is 12.8. The highest BCUT2D eigenvalue weighted by Crippen LogP contribution is 2.31. The summed E-state index contributed by atoms with van der Waals surface area (Å²) in [5.41, 5.74) is 8.35. The van der Waals surface area contributed by atoms with Crippen LogP contribution in [0.25, 0.3) is 0 Å². The zero-order chi connectivity index (χ0) is 17.8. The van der Waals surface area contributed by atoms with E-state index in [1.165, 1.54) is 12.8 Å². The number of anilines is 1. The van der Waals surface area contributed by atoms with Gasteiger partial charge in [0, 0.05) is 43.4 Å². The van der Waals surface area contributed by atoms with Gasteiger partial charge in [0.25, 0.3) is 0 Å². The van der Waals surface area contributed by atoms with Crippen LogP contribution in [0, 0.1) is 0 Å². The van der Waals surface area contributed by atoms with E-state index in [4.69, 9.17) is 15.5 Å². The number of aromatic nitrogens is 1. The van der Waals surface area contributed by atoms with Gasteiger partial charge in [-0.05, 0) is 18.9 Å². The van der Waals surface area contributed by atoms with E-state index in [2.05, 4.69) is 26.7 Å². The Morgan fingerprint density at radius 2 is 2.15 bits per heavy atom. The number of rotatable bonds is 5. The van der Waals surface area contributed by atoms with Crippen LogP contribution < -0.4 is 20.7 Å². The molecular weight excluding hydrogens is 473 g/mol. The molecule has 27 heavy (non-hydrogen) atoms. The van der Waals surface area contributed by atoms with Crippen molar-refractivity contribution in [2.75, 3.05) is 31.1 Å². The van der Waals surface area contributed by atoms with Crippen LogP contribution in [0.1, 0.15) is 36.6 Å². The molecule has 1 saturated heterocycles. The van der Waals surface area contributed by atoms with E-state index < -0.39 is 0 Å². The summed E-state index contributed by atoms with van der Waals surface area (Å²) in [6.07, 6.45) is 4.25. The predicted octanol–water partition coefficient (Wildman–Crippen LogP) is 3.33. The Bertz CT molecular complexity index is 775. The third-order valence-electron chi connectivity index (χ3n) is 4.85. The SMILES string of the molecule is I.NC(=NCCc1csc(N2CCCC2)n1)NC1CCOc2ccccc21. The van der Waals surface area contributed by atoms with Crippen LogP contribution in [0.15, 0.2) is 34.6 Å². The number of hydrogen-bond acceptors (Lipinski definition) is 5. The quantitative estimate of drug-likeness (QED) is 0.375. The smallest absolute Gasteiger partial charge is 0.189 e. The summed E-state index contributed by atoms with van der Waals surface area (Å²) in [5, 5.41) is 6.62. The first-order valence-electron chi connectivity index (χ1n) is 9.27. The van der Waals surface area contributed by atoms with Crippen LogP contribution in [0.3, 0.4) is 0 Å². The number of hydrogen-bond donors (Lipinski definition) is 2. The summed E-state index contributed by atoms with van der Waals surface area (Å²) in [6, 6.07) is 8.24. The lowest BCUT2D eigenvalue weighted by atomic mass is 10.0. The van der Waals surface area contributed by atoms with Gasteiger partial charge >= 0.3 is 0 Å². The zero-order valence-electron chi connectivity index (χ0n) is 15.3. The minimum atomic E-state index is 0. The number of thiazole rings is 1. The number of nitrogens with one attached hydrogen (secondary N) is 1. The second kappa shape index (κ2) is 9.59. The minimum Gasteiger partial charge on any atom is -0.493 e. The number of nitrogens with two attached hydrogens (primary N) is 1. The standard InChI is InChI=1S/C19H25N5OS.HI/c20-18(23-16-8-12-25-17-6-2-1-5-15(16)17)21-9-7-14-13-26-19(22-14)24-10-3-4-11-24;/h1-2,5-6,13,16H,3-4,7-12H2,(H3,20,21,23);1H. The van der Waals surface area contributed by atoms with E-state index in [1.807, 2.05) is 18.2 Å². The van der Waals surface area contributed by atoms with Gasteiger partial charge in [-0.3, -0.25) is 4.99 Å². The molecule has 6 nitrogen and oxygen atoms in total. The summed E-state index contributed by atoms with van der Waals surface area (Å²) in [5.74, 6) is 1.42. The molecule has 0 radical (unpaired) electrons. The third-order valence-corrected chi connectivity index (χ3v) is 5.80. The van der Waals surface area contributed by atoms with Gasteiger partial charge in [0.05, 0.1) is 18.3 Å². The molecule has 1 aromatic heterocycles. The second-order valence-corrected chi connectivity index (χ2v) is 7.54. The highest BCUT2D eigenvalue weighted by Gasteiger charge is 2.21. The van der Waals surface area contributed by atoms with Crippen molar-refractivity contribution in [1.29, 1.82) is 0 Å². The van der Waals surface area contributed by atoms with Gasteiger partial charge in [-0.15, -0.1) is 35.3 Å². The molecule has 0 spiro atoms. The lowest BCUT2D eigenvalue weighted by molar-refractivity contribution is 0.262. The maximum atomic E-state index is 6.10. The van der Waals surface area contributed by atoms with Crippen molar-refractivity contribution < 1.29 is 4.74 Å². The first kappa shape index (κ1) is 20.2. The fourth-order valence-corrected chi connectivity index (χ4v) is 4.39. The second-order valence-electron chi connectivity index (χ2n) is 6.70. The van der Waals surface area contributed by atoms with Crippen molar-refractivity contribution in [3.05, 3.63) is 40.9 Å². The monoisotopic (exact) mass is 499 g/mol. The molecule has 0 bridgehead atoms. The molecular formula is C19H26IN5OS. The van der Waals surface area contributed by atoms with Crippen LogP contribution in [-0.4, -0.2) is 37.2 Å². The molecule has 1 fully saturated rings. The Hall–Kier alpha value is -1.55. The molecule has 2 aliphatic heterocycles. The van der Waals surface area contributed by atoms with Crippen LogP contribution in [-0.2, 0) is 6.42 Å². The van der Waals surface area contributed by atoms with E-state index >= 15 is 0 Å². The molecule has 1 aromatic carbocycles. The maximum absolute atomic E-state index is 6.10. The number of nitrogens with zero attached hydrogens (tertiary/aromatic N) is 3. The number of para-hydroxylation sites is 1. The van der Waals surface area contributed by atoms with E-state index in [9.17, 15) is 0 Å². The van der Waals surface area contributed by atoms with Crippen LogP contribution in [0.2, 0.25) is 0 Å². The van der Waals surface area contributed by atoms with E-state index in [-0.39, 0.29) is 30.0 Å². The highest BCUT2D eigenvalue weighted by atomic mass is 127. The van der Waals surface area contributed by atoms with Gasteiger partial charge in [0.2, 0.25) is 0 Å². The Labute approximate surface area is 181 Å². The van der Waals surface area contributed by atoms with Gasteiger partial charge in [0.1, 0.15) is 5.75 Å². The van der Waals surface area contributed by atoms with Gasteiger partial charge in [-0.1, -0.05) is 18.2 Å². The molecule has 3 N–H and O–H groups in total. The van der Waals surface area contributed by atoms with Gasteiger partial charge < -0.3 is 20.7 Å². The number of benzene rings is 1. The predicted molar refractivity (Wildman–Crippen MR) is 122 cm³/mol. The fourth-order valence-electron chi connectivity index (χ4n) is 3.47. The molecule has 1 unspecified atom stereocenters. The molecule has 0 aliphatic carbocycles. The topological polar surface area (TPSA) is 75.8 Å². The lowest BCUT2D eigenvalue weighted by Crippen LogP contribution is -2.37. The number of guanidine groups is 1. The molecule has 3 heterocycles. The molecule has 146 valence electrons. The van der Waals surface area contributed by atoms with Gasteiger partial charge in [0.15, 0.2) is 11.1 Å². The largest absolute Gasteiger partial charge is 0.493 e. The Balaban J connectivity index is 0.00000210. The average Bonchev–Trinajstić information content (AvgIpc) is 3.34. The van der Waals surface area contributed by atoms with Gasteiger partial charge in [-0.2, -0.15) is 0 Å². The maximum Gasteiger partial charge on any atom is 0.189 e. The third kappa shape index (κ3) is 5.04. The molecule has 8 heteroatoms. The number of aliphatic imine (C=N–C) groups is 1. The summed E-state index contributed by atoms with van der Waals surface area (Å²) >= 11 is 1.73. The molecule has 4 rings (SSSR count). The zero-order valence-corrected chi connectivity index (χ0v) is 18.4. The van der Waals surface area contributed by atoms with Crippen LogP contribution in [0.4, 0.5) is 5.13 Å². The lowest BCUT2D eigenvalue weighted by Gasteiger charge is -2.26. The van der Waals surface area contributed by atoms with Crippen molar-refractivity contribution in [1.82, 2.24) is 10.3 Å². The fraction of sp³-hybridized carbons (Fsp3) is 0.474. The van der Waals surface area contributed by atoms with Crippen molar-refractivity contribution >= 4 is 46.4 Å². The normalized spacial score (nSPS) is 19.2. The summed E-state index contributed by atoms with van der Waals surface area (Å²) < 4.78 is 5.69. The van der Waals surface area contributed by atoms with E-state index in [0.717, 1.165) is 48.1 Å². The van der Waals surface area contributed by atoms with Crippen LogP contribution in [0.5, 0.6) is 5.75 Å². The van der Waals surface area contributed by atoms with Crippen molar-refractivity contribution in [3.8, 4) is 5.75 Å². The number of fused-ring (bicyclic) bond motifs is 1. The van der Waals surface area contributed by atoms with Gasteiger partial charge in [-0.25, -0.2) is 4.98 Å². The van der Waals surface area contributed by atoms with E-state index in [0.29, 0.717) is 19.1 Å². The minimum absolute atomic E-state index is 0. The Morgan fingerprint density at radius 3 is 3.00 bits per heavy atom. The molecule has 2 aromatic rings. The van der Waals surface area contributed by atoms with Crippen molar-refractivity contribution in [3.63, 3.8) is 0 Å². The Kier molecular flexibility index (Phi) is 7.17. The number of ether oxygens (including phenoxy) is 1. The molecule has 0 amide bonds. The van der Waals surface area contributed by atoms with Crippen LogP contribution >= 0.6 is 35.3 Å². The first-order valence-corrected chi connectivity index (χ1v) is 10.1. The molecule has 1 atom stereocenters. The summed E-state index contributed by atoms with van der Waals surface area (Å²) in [7, 11) is 0. The molecule has 0 saturated carbocycles. The summed E-state index contributed by atoms with van der Waals surface area (Å²) in [4.78, 5) is 11.6. The van der Waals surface area contributed by atoms with Crippen molar-refractivity contribution in [2.24, 2.45) is 10.7 Å². The highest BCUT2D eigenvalue weighted by molar-refractivity contribution is 14.0. The average molecular weight is 499 g/mol. The molecule has 2 aliphatic rings. The number of halogens is 1. The summed E-state index contributed by atoms with van der Waals surface area (Å²) in [6.45, 7) is 3.61. The van der Waals surface area contributed by atoms with E-state index in [1.54, 1.807) is 11.3 Å². The Morgan fingerprint density at radius 1 is 1.33 bits per heavy atom.